The molecule has 0 aromatic heterocycles. The second kappa shape index (κ2) is 6.92. The second-order valence-corrected chi connectivity index (χ2v) is 5.67. The van der Waals surface area contributed by atoms with Gasteiger partial charge in [0.25, 0.3) is 0 Å². The Kier molecular flexibility index (Phi) is 5.23. The van der Waals surface area contributed by atoms with Crippen LogP contribution in [0.4, 0.5) is 5.69 Å². The highest BCUT2D eigenvalue weighted by molar-refractivity contribution is 5.52. The molecule has 1 saturated heterocycles. The highest BCUT2D eigenvalue weighted by Gasteiger charge is 2.19. The predicted molar refractivity (Wildman–Crippen MR) is 82.5 cm³/mol. The molecule has 19 heavy (non-hydrogen) atoms. The normalized spacial score (nSPS) is 20.5. The fraction of sp³-hybridized carbons (Fsp3) is 0.625. The third-order valence-corrected chi connectivity index (χ3v) is 4.34. The molecule has 0 saturated carbocycles. The quantitative estimate of drug-likeness (QED) is 0.883. The Morgan fingerprint density at radius 2 is 2.11 bits per heavy atom. The van der Waals surface area contributed by atoms with Crippen molar-refractivity contribution >= 4 is 5.69 Å². The third kappa shape index (κ3) is 3.71. The van der Waals surface area contributed by atoms with Crippen LogP contribution in [0.3, 0.4) is 0 Å². The second-order valence-electron chi connectivity index (χ2n) is 5.67. The van der Waals surface area contributed by atoms with Gasteiger partial charge in [0.15, 0.2) is 0 Å². The number of para-hydroxylation sites is 1. The minimum atomic E-state index is 0.615. The average molecular weight is 261 g/mol. The summed E-state index contributed by atoms with van der Waals surface area (Å²) in [6.45, 7) is 2.98. The zero-order valence-corrected chi connectivity index (χ0v) is 12.3. The molecule has 0 aliphatic carbocycles. The summed E-state index contributed by atoms with van der Waals surface area (Å²) in [6, 6.07) is 9.21. The molecule has 1 aliphatic rings. The molecule has 0 bridgehead atoms. The summed E-state index contributed by atoms with van der Waals surface area (Å²) in [7, 11) is 4.44. The minimum absolute atomic E-state index is 0.615. The van der Waals surface area contributed by atoms with Crippen LogP contribution in [0.5, 0.6) is 0 Å². The first-order valence-electron chi connectivity index (χ1n) is 7.41. The fourth-order valence-corrected chi connectivity index (χ4v) is 3.03. The van der Waals surface area contributed by atoms with Crippen LogP contribution in [0.2, 0.25) is 0 Å². The Bertz CT molecular complexity index is 391. The van der Waals surface area contributed by atoms with Gasteiger partial charge in [-0.25, -0.2) is 0 Å². The van der Waals surface area contributed by atoms with Gasteiger partial charge in [0.1, 0.15) is 0 Å². The molecule has 3 heteroatoms. The lowest BCUT2D eigenvalue weighted by molar-refractivity contribution is 0.178. The van der Waals surface area contributed by atoms with Crippen molar-refractivity contribution in [3.8, 4) is 0 Å². The summed E-state index contributed by atoms with van der Waals surface area (Å²) in [5.74, 6) is 0. The number of hydrogen-bond donors (Lipinski definition) is 1. The Hall–Kier alpha value is -1.06. The zero-order chi connectivity index (χ0) is 13.7. The minimum Gasteiger partial charge on any atom is -0.374 e. The van der Waals surface area contributed by atoms with Gasteiger partial charge in [0.2, 0.25) is 0 Å². The van der Waals surface area contributed by atoms with E-state index in [0.29, 0.717) is 6.54 Å². The monoisotopic (exact) mass is 261 g/mol. The number of benzene rings is 1. The molecule has 1 heterocycles. The maximum Gasteiger partial charge on any atom is 0.0409 e. The van der Waals surface area contributed by atoms with Gasteiger partial charge in [-0.1, -0.05) is 24.6 Å². The Balaban J connectivity index is 1.91. The number of nitrogens with two attached hydrogens (primary N) is 1. The van der Waals surface area contributed by atoms with Gasteiger partial charge in [-0.15, -0.1) is 0 Å². The fourth-order valence-electron chi connectivity index (χ4n) is 3.03. The van der Waals surface area contributed by atoms with Crippen molar-refractivity contribution in [2.24, 2.45) is 5.73 Å². The molecule has 1 fully saturated rings. The Morgan fingerprint density at radius 3 is 2.84 bits per heavy atom. The van der Waals surface area contributed by atoms with Gasteiger partial charge in [-0.05, 0) is 44.5 Å². The molecule has 0 radical (unpaired) electrons. The molecule has 0 amide bonds. The summed E-state index contributed by atoms with van der Waals surface area (Å²) >= 11 is 0. The SMILES string of the molecule is CN(CCC1CCCCN1C)c1ccccc1CN. The largest absolute Gasteiger partial charge is 0.374 e. The van der Waals surface area contributed by atoms with Crippen LogP contribution in [0.1, 0.15) is 31.2 Å². The number of hydrogen-bond acceptors (Lipinski definition) is 3. The molecule has 1 aromatic carbocycles. The molecular weight excluding hydrogens is 234 g/mol. The van der Waals surface area contributed by atoms with E-state index in [0.717, 1.165) is 12.6 Å². The van der Waals surface area contributed by atoms with Crippen molar-refractivity contribution < 1.29 is 0 Å². The summed E-state index contributed by atoms with van der Waals surface area (Å²) in [4.78, 5) is 4.87. The smallest absolute Gasteiger partial charge is 0.0409 e. The maximum atomic E-state index is 5.81. The maximum absolute atomic E-state index is 5.81. The number of rotatable bonds is 5. The van der Waals surface area contributed by atoms with Crippen LogP contribution in [0.25, 0.3) is 0 Å². The molecule has 0 spiro atoms. The van der Waals surface area contributed by atoms with Crippen LogP contribution in [0, 0.1) is 0 Å². The molecule has 1 atom stereocenters. The highest BCUT2D eigenvalue weighted by atomic mass is 15.1. The van der Waals surface area contributed by atoms with Crippen molar-refractivity contribution in [1.82, 2.24) is 4.90 Å². The number of likely N-dealkylation sites (tertiary alicyclic amines) is 1. The number of anilines is 1. The topological polar surface area (TPSA) is 32.5 Å². The van der Waals surface area contributed by atoms with E-state index in [-0.39, 0.29) is 0 Å². The zero-order valence-electron chi connectivity index (χ0n) is 12.3. The molecule has 1 aromatic rings. The number of piperidine rings is 1. The van der Waals surface area contributed by atoms with Crippen LogP contribution < -0.4 is 10.6 Å². The molecule has 1 unspecified atom stereocenters. The van der Waals surface area contributed by atoms with Crippen LogP contribution in [-0.2, 0) is 6.54 Å². The standard InChI is InChI=1S/C16H27N3/c1-18-11-6-5-8-15(18)10-12-19(2)16-9-4-3-7-14(16)13-17/h3-4,7,9,15H,5-6,8,10-13,17H2,1-2H3. The van der Waals surface area contributed by atoms with E-state index in [1.165, 1.54) is 43.5 Å². The Morgan fingerprint density at radius 1 is 1.32 bits per heavy atom. The first-order valence-corrected chi connectivity index (χ1v) is 7.41. The third-order valence-electron chi connectivity index (χ3n) is 4.34. The molecule has 2 rings (SSSR count). The highest BCUT2D eigenvalue weighted by Crippen LogP contribution is 2.22. The summed E-state index contributed by atoms with van der Waals surface area (Å²) in [6.07, 6.45) is 5.34. The van der Waals surface area contributed by atoms with Gasteiger partial charge in [-0.3, -0.25) is 0 Å². The van der Waals surface area contributed by atoms with Gasteiger partial charge in [-0.2, -0.15) is 0 Å². The van der Waals surface area contributed by atoms with Crippen LogP contribution in [-0.4, -0.2) is 38.1 Å². The van der Waals surface area contributed by atoms with Gasteiger partial charge in [0.05, 0.1) is 0 Å². The Labute approximate surface area is 117 Å². The predicted octanol–water partition coefficient (Wildman–Crippen LogP) is 2.46. The van der Waals surface area contributed by atoms with Crippen molar-refractivity contribution in [2.45, 2.75) is 38.3 Å². The number of nitrogens with zero attached hydrogens (tertiary/aromatic N) is 2. The first-order chi connectivity index (χ1) is 9.22. The summed E-state index contributed by atoms with van der Waals surface area (Å²) < 4.78 is 0. The molecule has 2 N–H and O–H groups in total. The van der Waals surface area contributed by atoms with Crippen LogP contribution in [0.15, 0.2) is 24.3 Å². The van der Waals surface area contributed by atoms with Gasteiger partial charge < -0.3 is 15.5 Å². The molecule has 3 nitrogen and oxygen atoms in total. The summed E-state index contributed by atoms with van der Waals surface area (Å²) in [5, 5.41) is 0. The lowest BCUT2D eigenvalue weighted by Crippen LogP contribution is -2.38. The van der Waals surface area contributed by atoms with E-state index in [9.17, 15) is 0 Å². The van der Waals surface area contributed by atoms with E-state index < -0.39 is 0 Å². The lowest BCUT2D eigenvalue weighted by atomic mass is 10.00. The lowest BCUT2D eigenvalue weighted by Gasteiger charge is -2.34. The molecule has 106 valence electrons. The van der Waals surface area contributed by atoms with Gasteiger partial charge in [0, 0.05) is 31.9 Å². The van der Waals surface area contributed by atoms with E-state index in [4.69, 9.17) is 5.73 Å². The average Bonchev–Trinajstić information content (AvgIpc) is 2.46. The van der Waals surface area contributed by atoms with E-state index in [1.807, 2.05) is 0 Å². The summed E-state index contributed by atoms with van der Waals surface area (Å²) in [5.41, 5.74) is 8.33. The van der Waals surface area contributed by atoms with E-state index in [2.05, 4.69) is 48.2 Å². The van der Waals surface area contributed by atoms with Crippen molar-refractivity contribution in [2.75, 3.05) is 32.1 Å². The van der Waals surface area contributed by atoms with Crippen molar-refractivity contribution in [3.05, 3.63) is 29.8 Å². The first kappa shape index (κ1) is 14.4. The van der Waals surface area contributed by atoms with Crippen LogP contribution >= 0.6 is 0 Å². The van der Waals surface area contributed by atoms with Crippen molar-refractivity contribution in [1.29, 1.82) is 0 Å². The van der Waals surface area contributed by atoms with Crippen molar-refractivity contribution in [3.63, 3.8) is 0 Å². The molecular formula is C16H27N3. The van der Waals surface area contributed by atoms with E-state index in [1.54, 1.807) is 0 Å². The van der Waals surface area contributed by atoms with E-state index >= 15 is 0 Å². The van der Waals surface area contributed by atoms with Gasteiger partial charge >= 0.3 is 0 Å². The molecule has 1 aliphatic heterocycles.